The van der Waals surface area contributed by atoms with Gasteiger partial charge in [-0.05, 0) is 289 Å². The number of rotatable bonds is 3. The van der Waals surface area contributed by atoms with E-state index in [1.807, 2.05) is 0 Å². The Hall–Kier alpha value is 0. The molecule has 0 spiro atoms. The molecule has 11 aliphatic rings. The fourth-order valence-electron chi connectivity index (χ4n) is 25.4. The van der Waals surface area contributed by atoms with Crippen LogP contribution in [0.25, 0.3) is 0 Å². The van der Waals surface area contributed by atoms with Gasteiger partial charge >= 0.3 is 0 Å². The highest BCUT2D eigenvalue weighted by atomic mass is 14.6. The Kier molecular flexibility index (Phi) is 26.5. The minimum atomic E-state index is 0.547. The summed E-state index contributed by atoms with van der Waals surface area (Å²) in [7, 11) is 0. The van der Waals surface area contributed by atoms with Crippen molar-refractivity contribution < 1.29 is 0 Å². The Balaban J connectivity index is 0.000000208. The van der Waals surface area contributed by atoms with Crippen LogP contribution in [-0.4, -0.2) is 0 Å². The normalized spacial score (nSPS) is 37.1. The standard InChI is InChI=1S/2C12H24.3C11H22.C10H18.2C9H16/c1-10(2)7-11(3,4)9-12(5,6)8-10;1-6-10-7-11(2,3)9-12(4,5)8-10;1-9-6-10(2,3)8-11(4,5)7-9;1-9-10(2,3)7-6-8-11(9,4)5;1-6-9-10(2,3)7-8-11(9,4)5;1-7-8-4-5-9(6-8)10(7,2)3;1-6-7(2)9-4-3-8(6)5-9;1-2-8-5-7-3-4-9(8)6-7/h7-9H2,1-6H3;10H,6-9H2,1-5H3;3*9H,6-8H2,1-5H3;7-9H,4-6H2,1-3H3;6-9H,3-5H2,1-2H3;7-9H,2-6H2,1H3/t;;;;;7-,8?,9?;6-,7?,8?,9?;/m.....10./s1. The van der Waals surface area contributed by atoms with Crippen molar-refractivity contribution in [2.75, 3.05) is 0 Å². The first-order valence-electron chi connectivity index (χ1n) is 38.3. The van der Waals surface area contributed by atoms with Gasteiger partial charge in [-0.25, -0.2) is 0 Å². The van der Waals surface area contributed by atoms with Gasteiger partial charge in [0.25, 0.3) is 0 Å². The van der Waals surface area contributed by atoms with Crippen molar-refractivity contribution in [3.05, 3.63) is 0 Å². The van der Waals surface area contributed by atoms with E-state index in [-0.39, 0.29) is 0 Å². The van der Waals surface area contributed by atoms with Crippen LogP contribution in [0, 0.1) is 148 Å². The van der Waals surface area contributed by atoms with Crippen molar-refractivity contribution in [2.45, 2.75) is 395 Å². The molecule has 0 heteroatoms. The Labute approximate surface area is 539 Å². The van der Waals surface area contributed by atoms with E-state index in [9.17, 15) is 0 Å². The lowest BCUT2D eigenvalue weighted by atomic mass is 9.56. The van der Waals surface area contributed by atoms with E-state index in [1.54, 1.807) is 32.1 Å². The van der Waals surface area contributed by atoms with Crippen LogP contribution < -0.4 is 0 Å². The summed E-state index contributed by atoms with van der Waals surface area (Å²) >= 11 is 0. The fourth-order valence-corrected chi connectivity index (χ4v) is 25.4. The summed E-state index contributed by atoms with van der Waals surface area (Å²) in [5.41, 5.74) is 6.98. The van der Waals surface area contributed by atoms with Gasteiger partial charge in [-0.3, -0.25) is 0 Å². The first-order chi connectivity index (χ1) is 38.3. The number of hydrogen-bond acceptors (Lipinski definition) is 0. The summed E-state index contributed by atoms with van der Waals surface area (Å²) in [6, 6.07) is 0. The van der Waals surface area contributed by atoms with Crippen LogP contribution in [0.2, 0.25) is 0 Å². The third kappa shape index (κ3) is 22.6. The maximum atomic E-state index is 2.46. The average molecular weight is 1190 g/mol. The molecule has 504 valence electrons. The van der Waals surface area contributed by atoms with Crippen LogP contribution in [0.4, 0.5) is 0 Å². The Morgan fingerprint density at radius 2 is 0.718 bits per heavy atom. The Morgan fingerprint density at radius 1 is 0.329 bits per heavy atom. The lowest BCUT2D eigenvalue weighted by Gasteiger charge is -2.49. The van der Waals surface area contributed by atoms with Crippen LogP contribution in [0.3, 0.4) is 0 Å². The molecule has 11 fully saturated rings. The zero-order valence-electron chi connectivity index (χ0n) is 65.2. The first-order valence-corrected chi connectivity index (χ1v) is 38.3. The minimum Gasteiger partial charge on any atom is -0.0651 e. The summed E-state index contributed by atoms with van der Waals surface area (Å²) in [4.78, 5) is 0. The van der Waals surface area contributed by atoms with Gasteiger partial charge < -0.3 is 0 Å². The van der Waals surface area contributed by atoms with Crippen molar-refractivity contribution in [1.82, 2.24) is 0 Å². The predicted octanol–water partition coefficient (Wildman–Crippen LogP) is 28.7. The summed E-state index contributed by atoms with van der Waals surface area (Å²) in [6.07, 6.45) is 39.3. The molecule has 0 heterocycles. The Bertz CT molecular complexity index is 1820. The minimum absolute atomic E-state index is 0.547. The average Bonchev–Trinajstić information content (AvgIpc) is 3.28. The second-order valence-corrected chi connectivity index (χ2v) is 43.0. The number of hydrogen-bond donors (Lipinski definition) is 0. The third-order valence-electron chi connectivity index (χ3n) is 28.2. The largest absolute Gasteiger partial charge is 0.0651 e. The highest BCUT2D eigenvalue weighted by Crippen LogP contribution is 2.60. The summed E-state index contributed by atoms with van der Waals surface area (Å²) in [6.45, 7) is 77.3. The zero-order valence-corrected chi connectivity index (χ0v) is 65.2. The van der Waals surface area contributed by atoms with Crippen molar-refractivity contribution in [1.29, 1.82) is 0 Å². The van der Waals surface area contributed by atoms with Crippen LogP contribution in [0.1, 0.15) is 395 Å². The molecule has 0 amide bonds. The number of fused-ring (bicyclic) bond motifs is 6. The van der Waals surface area contributed by atoms with Gasteiger partial charge in [-0.15, -0.1) is 0 Å². The predicted molar refractivity (Wildman–Crippen MR) is 384 cm³/mol. The maximum Gasteiger partial charge on any atom is -0.0297 e. The van der Waals surface area contributed by atoms with Gasteiger partial charge in [0.15, 0.2) is 0 Å². The highest BCUT2D eigenvalue weighted by molar-refractivity contribution is 5.01. The van der Waals surface area contributed by atoms with Crippen LogP contribution in [0.5, 0.6) is 0 Å². The van der Waals surface area contributed by atoms with Crippen LogP contribution in [0.15, 0.2) is 0 Å². The first kappa shape index (κ1) is 77.4. The Morgan fingerprint density at radius 3 is 0.965 bits per heavy atom. The molecule has 0 N–H and O–H groups in total. The molecule has 0 nitrogen and oxygen atoms in total. The summed E-state index contributed by atoms with van der Waals surface area (Å²) in [5, 5.41) is 0. The molecular formula is C85H164. The van der Waals surface area contributed by atoms with E-state index in [0.29, 0.717) is 65.0 Å². The van der Waals surface area contributed by atoms with E-state index >= 15 is 0 Å². The van der Waals surface area contributed by atoms with Gasteiger partial charge in [0, 0.05) is 0 Å². The molecule has 11 saturated carbocycles. The van der Waals surface area contributed by atoms with E-state index in [1.165, 1.54) is 141 Å². The lowest BCUT2D eigenvalue weighted by molar-refractivity contribution is 0.0202. The van der Waals surface area contributed by atoms with Gasteiger partial charge in [0.2, 0.25) is 0 Å². The molecule has 10 atom stereocenters. The summed E-state index contributed by atoms with van der Waals surface area (Å²) in [5.74, 6) is 14.6. The van der Waals surface area contributed by atoms with E-state index in [0.717, 1.165) is 82.9 Å². The van der Waals surface area contributed by atoms with Crippen LogP contribution >= 0.6 is 0 Å². The molecule has 0 aromatic rings. The van der Waals surface area contributed by atoms with Gasteiger partial charge in [-0.2, -0.15) is 0 Å². The second kappa shape index (κ2) is 29.1. The highest BCUT2D eigenvalue weighted by Gasteiger charge is 2.51. The van der Waals surface area contributed by atoms with Crippen molar-refractivity contribution >= 4 is 0 Å². The van der Waals surface area contributed by atoms with Crippen molar-refractivity contribution in [3.63, 3.8) is 0 Å². The quantitative estimate of drug-likeness (QED) is 0.264. The third-order valence-corrected chi connectivity index (χ3v) is 28.2. The molecule has 85 heavy (non-hydrogen) atoms. The zero-order chi connectivity index (χ0) is 65.2. The molecule has 0 saturated heterocycles. The topological polar surface area (TPSA) is 0 Å². The van der Waals surface area contributed by atoms with E-state index in [4.69, 9.17) is 0 Å². The molecule has 11 rings (SSSR count). The van der Waals surface area contributed by atoms with Gasteiger partial charge in [0.05, 0.1) is 0 Å². The smallest absolute Gasteiger partial charge is 0.0297 e. The SMILES string of the molecule is CC1(C)CC(C)(C)CC(C)(C)C1.CC1C(C)(C)CCCC1(C)C.CC1C2CCC(C2)[C@H]1C.CC1CC(C)(C)CC(C)(C)C1.CCC1C(C)(C)CCC1(C)C.CCC1CC(C)(C)CC(C)(C)C1.CCC1CC2CCC1C2.C[C@@H]1C2CCC(C2)C1(C)C. The molecule has 0 radical (unpaired) electrons. The second-order valence-electron chi connectivity index (χ2n) is 43.0. The molecular weight excluding hydrogens is 1020 g/mol. The van der Waals surface area contributed by atoms with Crippen molar-refractivity contribution in [3.8, 4) is 0 Å². The lowest BCUT2D eigenvalue weighted by Crippen LogP contribution is -2.38. The molecule has 11 aliphatic carbocycles. The van der Waals surface area contributed by atoms with Gasteiger partial charge in [-0.1, -0.05) is 254 Å². The van der Waals surface area contributed by atoms with E-state index < -0.39 is 0 Å². The molecule has 0 aromatic heterocycles. The van der Waals surface area contributed by atoms with Crippen molar-refractivity contribution in [2.24, 2.45) is 148 Å². The fraction of sp³-hybridized carbons (Fsp3) is 1.00. The van der Waals surface area contributed by atoms with Crippen LogP contribution in [-0.2, 0) is 0 Å². The monoisotopic (exact) mass is 1190 g/mol. The molecule has 8 unspecified atom stereocenters. The molecule has 0 aliphatic heterocycles. The van der Waals surface area contributed by atoms with E-state index in [2.05, 4.69) is 222 Å². The summed E-state index contributed by atoms with van der Waals surface area (Å²) < 4.78 is 0. The maximum absolute atomic E-state index is 2.46. The molecule has 6 bridgehead atoms. The molecule has 0 aromatic carbocycles. The van der Waals surface area contributed by atoms with Gasteiger partial charge in [0.1, 0.15) is 0 Å².